The molecule has 0 saturated carbocycles. The van der Waals surface area contributed by atoms with Crippen molar-refractivity contribution in [3.05, 3.63) is 0 Å². The minimum absolute atomic E-state index is 0.0380. The highest BCUT2D eigenvalue weighted by Gasteiger charge is 2.38. The molecule has 0 bridgehead atoms. The van der Waals surface area contributed by atoms with Crippen LogP contribution in [-0.4, -0.2) is 82.2 Å². The maximum absolute atomic E-state index is 12.0. The summed E-state index contributed by atoms with van der Waals surface area (Å²) in [6.45, 7) is 0.596. The van der Waals surface area contributed by atoms with Crippen LogP contribution in [0.1, 0.15) is 19.3 Å². The van der Waals surface area contributed by atoms with Crippen molar-refractivity contribution in [1.82, 2.24) is 20.4 Å². The molecule has 2 aliphatic heterocycles. The van der Waals surface area contributed by atoms with Crippen LogP contribution in [0, 0.1) is 0 Å². The highest BCUT2D eigenvalue weighted by molar-refractivity contribution is 8.00. The number of hydrogen-bond donors (Lipinski definition) is 2. The molecule has 11 heteroatoms. The monoisotopic (exact) mass is 402 g/mol. The van der Waals surface area contributed by atoms with E-state index in [0.717, 1.165) is 9.80 Å². The summed E-state index contributed by atoms with van der Waals surface area (Å²) in [7, 11) is 0. The Kier molecular flexibility index (Phi) is 7.33. The van der Waals surface area contributed by atoms with Crippen LogP contribution in [0.2, 0.25) is 0 Å². The van der Waals surface area contributed by atoms with Crippen molar-refractivity contribution in [1.29, 1.82) is 0 Å². The summed E-state index contributed by atoms with van der Waals surface area (Å²) in [5.74, 6) is -1.04. The van der Waals surface area contributed by atoms with Crippen molar-refractivity contribution in [2.75, 3.05) is 32.1 Å². The molecule has 2 unspecified atom stereocenters. The molecule has 2 heterocycles. The van der Waals surface area contributed by atoms with Crippen molar-refractivity contribution in [2.24, 2.45) is 0 Å². The smallest absolute Gasteiger partial charge is 0.325 e. The first kappa shape index (κ1) is 20.6. The molecule has 0 aromatic rings. The molecule has 0 aromatic heterocycles. The summed E-state index contributed by atoms with van der Waals surface area (Å²) in [5.41, 5.74) is 0. The molecule has 0 aliphatic carbocycles. The number of urea groups is 1. The van der Waals surface area contributed by atoms with Gasteiger partial charge in [-0.2, -0.15) is 11.8 Å². The molecule has 0 aromatic carbocycles. The third-order valence-electron chi connectivity index (χ3n) is 4.16. The Labute approximate surface area is 160 Å². The van der Waals surface area contributed by atoms with Crippen LogP contribution in [-0.2, 0) is 19.2 Å². The number of nitrogens with zero attached hydrogens (tertiary/aromatic N) is 2. The summed E-state index contributed by atoms with van der Waals surface area (Å²) in [4.78, 5) is 61.4. The largest absolute Gasteiger partial charge is 0.356 e. The Morgan fingerprint density at radius 1 is 1.12 bits per heavy atom. The minimum Gasteiger partial charge on any atom is -0.356 e. The Morgan fingerprint density at radius 2 is 1.85 bits per heavy atom. The number of carbonyl (C=O) groups excluding carboxylic acids is 5. The van der Waals surface area contributed by atoms with Gasteiger partial charge in [-0.1, -0.05) is 0 Å². The molecule has 2 aliphatic rings. The molecule has 2 N–H and O–H groups in total. The molecule has 144 valence electrons. The molecule has 9 nitrogen and oxygen atoms in total. The van der Waals surface area contributed by atoms with E-state index in [4.69, 9.17) is 0 Å². The molecule has 0 spiro atoms. The van der Waals surface area contributed by atoms with Crippen LogP contribution in [0.4, 0.5) is 4.79 Å². The SMILES string of the molecule is CSC1CC(=O)N(CCC(=O)NCCCN2C(=O)NC(SC)C2=O)C1=O. The highest BCUT2D eigenvalue weighted by Crippen LogP contribution is 2.23. The van der Waals surface area contributed by atoms with Crippen LogP contribution >= 0.6 is 23.5 Å². The molecule has 2 atom stereocenters. The maximum atomic E-state index is 12.0. The minimum atomic E-state index is -0.544. The van der Waals surface area contributed by atoms with Gasteiger partial charge in [0.2, 0.25) is 17.7 Å². The van der Waals surface area contributed by atoms with E-state index in [0.29, 0.717) is 13.0 Å². The third-order valence-corrected chi connectivity index (χ3v) is 5.88. The van der Waals surface area contributed by atoms with E-state index in [9.17, 15) is 24.0 Å². The van der Waals surface area contributed by atoms with Gasteiger partial charge in [-0.25, -0.2) is 4.79 Å². The molecule has 6 amide bonds. The van der Waals surface area contributed by atoms with E-state index < -0.39 is 11.4 Å². The van der Waals surface area contributed by atoms with Crippen LogP contribution in [0.25, 0.3) is 0 Å². The lowest BCUT2D eigenvalue weighted by Gasteiger charge is -2.15. The van der Waals surface area contributed by atoms with Gasteiger partial charge in [0.1, 0.15) is 0 Å². The predicted molar refractivity (Wildman–Crippen MR) is 98.4 cm³/mol. The zero-order chi connectivity index (χ0) is 19.3. The average molecular weight is 402 g/mol. The fourth-order valence-corrected chi connectivity index (χ4v) is 3.89. The summed E-state index contributed by atoms with van der Waals surface area (Å²) < 4.78 is 0. The van der Waals surface area contributed by atoms with Gasteiger partial charge in [0, 0.05) is 32.5 Å². The van der Waals surface area contributed by atoms with Crippen LogP contribution in [0.3, 0.4) is 0 Å². The quantitative estimate of drug-likeness (QED) is 0.307. The van der Waals surface area contributed by atoms with Gasteiger partial charge in [0.05, 0.1) is 5.25 Å². The van der Waals surface area contributed by atoms with Crippen LogP contribution < -0.4 is 10.6 Å². The maximum Gasteiger partial charge on any atom is 0.325 e. The number of likely N-dealkylation sites (tertiary alicyclic amines) is 1. The van der Waals surface area contributed by atoms with Crippen molar-refractivity contribution in [3.8, 4) is 0 Å². The topological polar surface area (TPSA) is 116 Å². The van der Waals surface area contributed by atoms with Gasteiger partial charge >= 0.3 is 6.03 Å². The first-order valence-corrected chi connectivity index (χ1v) is 10.7. The lowest BCUT2D eigenvalue weighted by atomic mass is 10.3. The van der Waals surface area contributed by atoms with E-state index >= 15 is 0 Å². The van der Waals surface area contributed by atoms with Crippen LogP contribution in [0.15, 0.2) is 0 Å². The van der Waals surface area contributed by atoms with E-state index in [1.165, 1.54) is 23.5 Å². The first-order chi connectivity index (χ1) is 12.4. The molecular weight excluding hydrogens is 380 g/mol. The van der Waals surface area contributed by atoms with Crippen molar-refractivity contribution >= 4 is 53.2 Å². The summed E-state index contributed by atoms with van der Waals surface area (Å²) in [6.07, 6.45) is 4.17. The average Bonchev–Trinajstić information content (AvgIpc) is 3.05. The van der Waals surface area contributed by atoms with Gasteiger partial charge in [0.15, 0.2) is 5.37 Å². The summed E-state index contributed by atoms with van der Waals surface area (Å²) in [5, 5.41) is 4.34. The number of amides is 6. The third kappa shape index (κ3) is 4.70. The fourth-order valence-electron chi connectivity index (χ4n) is 2.70. The number of hydrogen-bond acceptors (Lipinski definition) is 7. The molecule has 2 rings (SSSR count). The van der Waals surface area contributed by atoms with Gasteiger partial charge in [-0.05, 0) is 18.9 Å². The van der Waals surface area contributed by atoms with Gasteiger partial charge in [-0.3, -0.25) is 29.0 Å². The normalized spacial score (nSPS) is 23.0. The highest BCUT2D eigenvalue weighted by atomic mass is 32.2. The molecule has 2 fully saturated rings. The molecular formula is C15H22N4O5S2. The van der Waals surface area contributed by atoms with Crippen molar-refractivity contribution in [2.45, 2.75) is 29.9 Å². The second-order valence-electron chi connectivity index (χ2n) is 5.82. The number of nitrogens with one attached hydrogen (secondary N) is 2. The Hall–Kier alpha value is -1.75. The second-order valence-corrected chi connectivity index (χ2v) is 7.80. The van der Waals surface area contributed by atoms with Crippen molar-refractivity contribution < 1.29 is 24.0 Å². The number of thioether (sulfide) groups is 2. The predicted octanol–water partition coefficient (Wildman–Crippen LogP) is -0.386. The first-order valence-electron chi connectivity index (χ1n) is 8.17. The molecule has 26 heavy (non-hydrogen) atoms. The lowest BCUT2D eigenvalue weighted by Crippen LogP contribution is -2.37. The van der Waals surface area contributed by atoms with Crippen molar-refractivity contribution in [3.63, 3.8) is 0 Å². The zero-order valence-electron chi connectivity index (χ0n) is 14.6. The van der Waals surface area contributed by atoms with Crippen LogP contribution in [0.5, 0.6) is 0 Å². The van der Waals surface area contributed by atoms with Gasteiger partial charge in [-0.15, -0.1) is 11.8 Å². The Morgan fingerprint density at radius 3 is 2.42 bits per heavy atom. The van der Waals surface area contributed by atoms with Gasteiger partial charge < -0.3 is 10.6 Å². The fraction of sp³-hybridized carbons (Fsp3) is 0.667. The zero-order valence-corrected chi connectivity index (χ0v) is 16.3. The number of carbonyl (C=O) groups is 5. The Bertz CT molecular complexity index is 615. The second kappa shape index (κ2) is 9.26. The summed E-state index contributed by atoms with van der Waals surface area (Å²) >= 11 is 2.59. The van der Waals surface area contributed by atoms with Gasteiger partial charge in [0.25, 0.3) is 5.91 Å². The summed E-state index contributed by atoms with van der Waals surface area (Å²) in [6, 6.07) is -0.421. The lowest BCUT2D eigenvalue weighted by molar-refractivity contribution is -0.138. The van der Waals surface area contributed by atoms with E-state index in [1.54, 1.807) is 12.5 Å². The molecule has 0 radical (unpaired) electrons. The molecule has 2 saturated heterocycles. The Balaban J connectivity index is 1.65. The standard InChI is InChI=1S/C15H22N4O5S2/c1-25-9-8-11(21)18(13(9)22)7-4-10(20)16-5-3-6-19-14(23)12(26-2)17-15(19)24/h9,12H,3-8H2,1-2H3,(H,16,20)(H,17,24). The number of rotatable bonds is 9. The van der Waals surface area contributed by atoms with E-state index in [-0.39, 0.29) is 54.8 Å². The van der Waals surface area contributed by atoms with E-state index in [1.807, 2.05) is 0 Å². The number of imide groups is 2. The van der Waals surface area contributed by atoms with E-state index in [2.05, 4.69) is 10.6 Å².